The summed E-state index contributed by atoms with van der Waals surface area (Å²) in [5, 5.41) is 10.3. The van der Waals surface area contributed by atoms with Gasteiger partial charge in [-0.15, -0.1) is 0 Å². The Morgan fingerprint density at radius 1 is 0.886 bits per heavy atom. The zero-order valence-corrected chi connectivity index (χ0v) is 18.9. The number of anilines is 1. The van der Waals surface area contributed by atoms with Crippen molar-refractivity contribution in [3.63, 3.8) is 0 Å². The van der Waals surface area contributed by atoms with E-state index >= 15 is 0 Å². The van der Waals surface area contributed by atoms with E-state index in [1.165, 1.54) is 56.5 Å². The van der Waals surface area contributed by atoms with E-state index in [0.29, 0.717) is 11.3 Å². The molecule has 2 aromatic carbocycles. The van der Waals surface area contributed by atoms with Crippen LogP contribution in [-0.4, -0.2) is 42.0 Å². The van der Waals surface area contributed by atoms with Gasteiger partial charge in [0.25, 0.3) is 0 Å². The second-order valence-corrected chi connectivity index (χ2v) is 7.91. The summed E-state index contributed by atoms with van der Waals surface area (Å²) >= 11 is 0. The van der Waals surface area contributed by atoms with Crippen LogP contribution in [0.4, 0.5) is 5.69 Å². The molecule has 0 radical (unpaired) electrons. The molecule has 0 fully saturated rings. The van der Waals surface area contributed by atoms with Crippen LogP contribution in [0.25, 0.3) is 0 Å². The van der Waals surface area contributed by atoms with Crippen LogP contribution < -0.4 is 5.32 Å². The summed E-state index contributed by atoms with van der Waals surface area (Å²) in [7, 11) is 1.35. The number of carbonyl (C=O) groups is 5. The minimum Gasteiger partial charge on any atom is -0.481 e. The first kappa shape index (κ1) is 23.4. The van der Waals surface area contributed by atoms with Crippen molar-refractivity contribution < 1.29 is 28.7 Å². The zero-order chi connectivity index (χ0) is 25.3. The van der Waals surface area contributed by atoms with Crippen molar-refractivity contribution in [3.8, 4) is 0 Å². The van der Waals surface area contributed by atoms with Crippen LogP contribution in [0.5, 0.6) is 0 Å². The highest BCUT2D eigenvalue weighted by atomic mass is 16.5. The van der Waals surface area contributed by atoms with Crippen molar-refractivity contribution in [3.05, 3.63) is 99.7 Å². The third-order valence-corrected chi connectivity index (χ3v) is 5.64. The fourth-order valence-corrected chi connectivity index (χ4v) is 3.95. The van der Waals surface area contributed by atoms with Crippen molar-refractivity contribution >= 4 is 40.6 Å². The number of amides is 1. The van der Waals surface area contributed by atoms with Crippen molar-refractivity contribution in [1.82, 2.24) is 0 Å². The third kappa shape index (κ3) is 4.29. The highest BCUT2D eigenvalue weighted by molar-refractivity contribution is 6.40. The van der Waals surface area contributed by atoms with Gasteiger partial charge in [-0.3, -0.25) is 29.4 Å². The first-order valence-electron chi connectivity index (χ1n) is 10.7. The van der Waals surface area contributed by atoms with Crippen LogP contribution in [0.15, 0.2) is 71.8 Å². The van der Waals surface area contributed by atoms with E-state index in [1.54, 1.807) is 18.2 Å². The first-order valence-corrected chi connectivity index (χ1v) is 10.7. The normalized spacial score (nSPS) is 16.9. The number of hydrogen-bond acceptors (Lipinski definition) is 7. The number of methoxy groups -OCH3 is 1. The topological polar surface area (TPSA) is 130 Å². The van der Waals surface area contributed by atoms with E-state index < -0.39 is 17.3 Å². The molecule has 35 heavy (non-hydrogen) atoms. The number of carbonyl (C=O) groups excluding carboxylic acids is 5. The maximum Gasteiger partial charge on any atom is 0.221 e. The average Bonchev–Trinajstić information content (AvgIpc) is 3.22. The number of ether oxygens (including phenoxy) is 1. The molecule has 2 aromatic rings. The lowest BCUT2D eigenvalue weighted by molar-refractivity contribution is -0.114. The van der Waals surface area contributed by atoms with Gasteiger partial charge in [0.15, 0.2) is 23.1 Å². The van der Waals surface area contributed by atoms with Gasteiger partial charge in [0, 0.05) is 40.4 Å². The summed E-state index contributed by atoms with van der Waals surface area (Å²) in [6.45, 7) is 1.35. The van der Waals surface area contributed by atoms with Crippen LogP contribution >= 0.6 is 0 Å². The molecule has 0 saturated carbocycles. The van der Waals surface area contributed by atoms with E-state index in [2.05, 4.69) is 5.32 Å². The fourth-order valence-electron chi connectivity index (χ4n) is 3.95. The SMILES string of the molecule is COC(=N)c1ccc2c(c1)C(=O)C(=CC=CCC=C1C(=O)c3ccc(NC(C)=O)cc3C1=O)C2=O. The molecule has 8 heteroatoms. The van der Waals surface area contributed by atoms with E-state index in [-0.39, 0.29) is 57.4 Å². The van der Waals surface area contributed by atoms with E-state index in [9.17, 15) is 24.0 Å². The molecule has 0 bridgehead atoms. The molecule has 174 valence electrons. The standard InChI is InChI=1S/C27H20N2O6/c1-14(30)29-16-9-11-18-22(13-16)26(34)20(24(18)32)7-5-3-4-6-19-23(31)17-10-8-15(27(28)35-2)12-21(17)25(19)33/h3-4,6-13,28H,5H2,1-2H3,(H,29,30). The quantitative estimate of drug-likeness (QED) is 0.296. The predicted octanol–water partition coefficient (Wildman–Crippen LogP) is 3.87. The molecule has 0 aromatic heterocycles. The monoisotopic (exact) mass is 468 g/mol. The smallest absolute Gasteiger partial charge is 0.221 e. The summed E-state index contributed by atoms with van der Waals surface area (Å²) in [6.07, 6.45) is 6.28. The summed E-state index contributed by atoms with van der Waals surface area (Å²) in [4.78, 5) is 61.8. The van der Waals surface area contributed by atoms with Crippen molar-refractivity contribution in [1.29, 1.82) is 5.41 Å². The molecule has 4 rings (SSSR count). The maximum absolute atomic E-state index is 12.7. The second kappa shape index (κ2) is 9.26. The van der Waals surface area contributed by atoms with Gasteiger partial charge >= 0.3 is 0 Å². The Bertz CT molecular complexity index is 1440. The lowest BCUT2D eigenvalue weighted by atomic mass is 10.1. The van der Waals surface area contributed by atoms with Crippen LogP contribution in [0.1, 0.15) is 60.3 Å². The average molecular weight is 468 g/mol. The zero-order valence-electron chi connectivity index (χ0n) is 18.9. The minimum absolute atomic E-state index is 0.00377. The van der Waals surface area contributed by atoms with Gasteiger partial charge in [0.2, 0.25) is 11.8 Å². The molecule has 2 N–H and O–H groups in total. The molecule has 2 aliphatic carbocycles. The number of allylic oxidation sites excluding steroid dienone is 6. The Balaban J connectivity index is 1.48. The van der Waals surface area contributed by atoms with Crippen molar-refractivity contribution in [2.24, 2.45) is 0 Å². The maximum atomic E-state index is 12.7. The summed E-state index contributed by atoms with van der Waals surface area (Å²) in [5.74, 6) is -2.05. The highest BCUT2D eigenvalue weighted by Crippen LogP contribution is 2.30. The molecule has 0 aliphatic heterocycles. The largest absolute Gasteiger partial charge is 0.481 e. The molecule has 2 aliphatic rings. The van der Waals surface area contributed by atoms with Crippen LogP contribution in [-0.2, 0) is 9.53 Å². The number of benzene rings is 2. The van der Waals surface area contributed by atoms with Gasteiger partial charge in [-0.25, -0.2) is 0 Å². The molecular weight excluding hydrogens is 448 g/mol. The Labute approximate surface area is 200 Å². The molecule has 0 heterocycles. The van der Waals surface area contributed by atoms with E-state index in [0.717, 1.165) is 0 Å². The minimum atomic E-state index is -0.440. The van der Waals surface area contributed by atoms with Gasteiger partial charge in [-0.1, -0.05) is 18.2 Å². The second-order valence-electron chi connectivity index (χ2n) is 7.91. The van der Waals surface area contributed by atoms with E-state index in [4.69, 9.17) is 10.1 Å². The molecule has 8 nitrogen and oxygen atoms in total. The Morgan fingerprint density at radius 3 is 2.17 bits per heavy atom. The fraction of sp³-hybridized carbons (Fsp3) is 0.111. The molecule has 0 spiro atoms. The molecule has 0 unspecified atom stereocenters. The summed E-state index contributed by atoms with van der Waals surface area (Å²) < 4.78 is 4.87. The van der Waals surface area contributed by atoms with Crippen LogP contribution in [0.2, 0.25) is 0 Å². The van der Waals surface area contributed by atoms with Crippen molar-refractivity contribution in [2.45, 2.75) is 13.3 Å². The molecule has 0 atom stereocenters. The highest BCUT2D eigenvalue weighted by Gasteiger charge is 2.34. The number of fused-ring (bicyclic) bond motifs is 2. The molecular formula is C27H20N2O6. The number of ketones is 4. The molecule has 1 amide bonds. The Morgan fingerprint density at radius 2 is 1.49 bits per heavy atom. The predicted molar refractivity (Wildman–Crippen MR) is 128 cm³/mol. The van der Waals surface area contributed by atoms with Gasteiger partial charge in [-0.2, -0.15) is 0 Å². The number of hydrogen-bond donors (Lipinski definition) is 2. The number of rotatable bonds is 5. The van der Waals surface area contributed by atoms with Crippen LogP contribution in [0, 0.1) is 5.41 Å². The Hall–Kier alpha value is -4.72. The summed E-state index contributed by atoms with van der Waals surface area (Å²) in [6, 6.07) is 9.06. The molecule has 0 saturated heterocycles. The Kier molecular flexibility index (Phi) is 6.20. The lowest BCUT2D eigenvalue weighted by Gasteiger charge is -2.03. The van der Waals surface area contributed by atoms with Crippen LogP contribution in [0.3, 0.4) is 0 Å². The van der Waals surface area contributed by atoms with Gasteiger partial charge in [-0.05, 0) is 48.9 Å². The first-order chi connectivity index (χ1) is 16.7. The lowest BCUT2D eigenvalue weighted by Crippen LogP contribution is -2.06. The third-order valence-electron chi connectivity index (χ3n) is 5.64. The van der Waals surface area contributed by atoms with Gasteiger partial charge < -0.3 is 10.1 Å². The van der Waals surface area contributed by atoms with E-state index in [1.807, 2.05) is 0 Å². The number of nitrogens with one attached hydrogen (secondary N) is 2. The number of Topliss-reactive ketones (excluding diaryl/α,β-unsaturated/α-hetero) is 4. The summed E-state index contributed by atoms with van der Waals surface area (Å²) in [5.41, 5.74) is 1.86. The van der Waals surface area contributed by atoms with Gasteiger partial charge in [0.05, 0.1) is 18.3 Å². The van der Waals surface area contributed by atoms with Crippen molar-refractivity contribution in [2.75, 3.05) is 12.4 Å². The van der Waals surface area contributed by atoms with Gasteiger partial charge in [0.1, 0.15) is 0 Å².